The fourth-order valence-corrected chi connectivity index (χ4v) is 3.85. The average molecular weight is 234 g/mol. The van der Waals surface area contributed by atoms with Crippen molar-refractivity contribution in [1.29, 1.82) is 0 Å². The van der Waals surface area contributed by atoms with Gasteiger partial charge in [-0.15, -0.1) is 0 Å². The molecule has 1 aliphatic carbocycles. The lowest BCUT2D eigenvalue weighted by molar-refractivity contribution is 0.101. The summed E-state index contributed by atoms with van der Waals surface area (Å²) in [7, 11) is 0. The second-order valence-electron chi connectivity index (χ2n) is 4.54. The summed E-state index contributed by atoms with van der Waals surface area (Å²) >= 11 is 1.80. The maximum absolute atomic E-state index is 11.3. The zero-order valence-electron chi connectivity index (χ0n) is 9.29. The number of carbonyl (C=O) groups is 1. The highest BCUT2D eigenvalue weighted by Gasteiger charge is 2.42. The van der Waals surface area contributed by atoms with Crippen molar-refractivity contribution in [2.24, 2.45) is 0 Å². The first-order valence-electron chi connectivity index (χ1n) is 5.72. The first kappa shape index (κ1) is 10.2. The van der Waals surface area contributed by atoms with Gasteiger partial charge in [-0.3, -0.25) is 4.79 Å². The maximum Gasteiger partial charge on any atom is 0.159 e. The molecule has 0 unspecified atom stereocenters. The van der Waals surface area contributed by atoms with Crippen molar-refractivity contribution in [3.05, 3.63) is 23.8 Å². The molecule has 16 heavy (non-hydrogen) atoms. The summed E-state index contributed by atoms with van der Waals surface area (Å²) in [5.41, 5.74) is 0.782. The fourth-order valence-electron chi connectivity index (χ4n) is 2.43. The Morgan fingerprint density at radius 1 is 1.38 bits per heavy atom. The number of Topliss-reactive ketones (excluding diaryl/α,β-unsaturated/α-hetero) is 1. The van der Waals surface area contributed by atoms with Gasteiger partial charge in [-0.05, 0) is 50.8 Å². The van der Waals surface area contributed by atoms with Crippen LogP contribution in [0.25, 0.3) is 0 Å². The van der Waals surface area contributed by atoms with E-state index in [-0.39, 0.29) is 10.7 Å². The Labute approximate surface area is 99.4 Å². The molecule has 1 aromatic rings. The van der Waals surface area contributed by atoms with Crippen LogP contribution in [0.15, 0.2) is 23.1 Å². The predicted octanol–water partition coefficient (Wildman–Crippen LogP) is 3.64. The normalized spacial score (nSPS) is 20.8. The molecule has 2 aliphatic rings. The minimum Gasteiger partial charge on any atom is -0.475 e. The van der Waals surface area contributed by atoms with Crippen LogP contribution >= 0.6 is 11.8 Å². The third-order valence-corrected chi connectivity index (χ3v) is 4.71. The molecule has 0 aromatic heterocycles. The molecule has 2 nitrogen and oxygen atoms in total. The Kier molecular flexibility index (Phi) is 2.25. The van der Waals surface area contributed by atoms with Crippen molar-refractivity contribution in [1.82, 2.24) is 0 Å². The van der Waals surface area contributed by atoms with Crippen LogP contribution in [0.2, 0.25) is 0 Å². The maximum atomic E-state index is 11.3. The Bertz CT molecular complexity index is 447. The van der Waals surface area contributed by atoms with Gasteiger partial charge in [-0.1, -0.05) is 11.8 Å². The third kappa shape index (κ3) is 1.54. The van der Waals surface area contributed by atoms with Gasteiger partial charge in [0.05, 0.1) is 4.90 Å². The minimum atomic E-state index is -0.0161. The molecule has 0 radical (unpaired) electrons. The first-order chi connectivity index (χ1) is 7.69. The van der Waals surface area contributed by atoms with Gasteiger partial charge in [0.25, 0.3) is 0 Å². The van der Waals surface area contributed by atoms with Crippen LogP contribution in [-0.4, -0.2) is 10.7 Å². The van der Waals surface area contributed by atoms with E-state index >= 15 is 0 Å². The van der Waals surface area contributed by atoms with Gasteiger partial charge in [0.15, 0.2) is 10.7 Å². The van der Waals surface area contributed by atoms with Crippen LogP contribution in [0.1, 0.15) is 43.0 Å². The third-order valence-electron chi connectivity index (χ3n) is 3.31. The van der Waals surface area contributed by atoms with Crippen LogP contribution in [-0.2, 0) is 0 Å². The highest BCUT2D eigenvalue weighted by Crippen LogP contribution is 2.54. The van der Waals surface area contributed by atoms with Crippen molar-refractivity contribution >= 4 is 17.5 Å². The van der Waals surface area contributed by atoms with Gasteiger partial charge in [0, 0.05) is 5.56 Å². The molecule has 1 aliphatic heterocycles. The van der Waals surface area contributed by atoms with Gasteiger partial charge in [0.2, 0.25) is 0 Å². The number of fused-ring (bicyclic) bond motifs is 1. The zero-order chi connectivity index (χ0) is 11.2. The van der Waals surface area contributed by atoms with E-state index in [0.29, 0.717) is 0 Å². The molecule has 1 heterocycles. The van der Waals surface area contributed by atoms with E-state index < -0.39 is 0 Å². The second-order valence-corrected chi connectivity index (χ2v) is 5.93. The summed E-state index contributed by atoms with van der Waals surface area (Å²) in [6, 6.07) is 5.76. The summed E-state index contributed by atoms with van der Waals surface area (Å²) in [5, 5.41) is 0. The number of hydrogen-bond acceptors (Lipinski definition) is 3. The molecule has 0 atom stereocenters. The molecule has 0 saturated heterocycles. The van der Waals surface area contributed by atoms with Crippen molar-refractivity contribution in [3.63, 3.8) is 0 Å². The highest BCUT2D eigenvalue weighted by atomic mass is 32.2. The molecular weight excluding hydrogens is 220 g/mol. The zero-order valence-corrected chi connectivity index (χ0v) is 10.1. The second kappa shape index (κ2) is 3.52. The highest BCUT2D eigenvalue weighted by molar-refractivity contribution is 8.00. The molecule has 3 rings (SSSR count). The smallest absolute Gasteiger partial charge is 0.159 e. The summed E-state index contributed by atoms with van der Waals surface area (Å²) in [5.74, 6) is 1.08. The Morgan fingerprint density at radius 2 is 2.12 bits per heavy atom. The van der Waals surface area contributed by atoms with Gasteiger partial charge < -0.3 is 4.74 Å². The number of thioether (sulfide) groups is 1. The molecule has 1 spiro atoms. The number of rotatable bonds is 1. The van der Waals surface area contributed by atoms with E-state index in [0.717, 1.165) is 29.1 Å². The van der Waals surface area contributed by atoms with E-state index in [1.54, 1.807) is 18.7 Å². The molecule has 0 bridgehead atoms. The number of benzene rings is 1. The molecule has 0 N–H and O–H groups in total. The molecule has 1 fully saturated rings. The van der Waals surface area contributed by atoms with Crippen LogP contribution in [0.5, 0.6) is 5.75 Å². The lowest BCUT2D eigenvalue weighted by Gasteiger charge is -2.20. The minimum absolute atomic E-state index is 0.0161. The standard InChI is InChI=1S/C13H14O2S/c1-9(14)10-4-5-11-12(8-10)16-13(15-11)6-2-3-7-13/h4-5,8H,2-3,6-7H2,1H3. The molecule has 1 saturated carbocycles. The number of hydrogen-bond donors (Lipinski definition) is 0. The molecule has 0 amide bonds. The van der Waals surface area contributed by atoms with Gasteiger partial charge in [-0.2, -0.15) is 0 Å². The van der Waals surface area contributed by atoms with Crippen molar-refractivity contribution in [2.45, 2.75) is 42.4 Å². The molecule has 1 aromatic carbocycles. The molecule has 3 heteroatoms. The number of carbonyl (C=O) groups excluding carboxylic acids is 1. The van der Waals surface area contributed by atoms with Crippen molar-refractivity contribution < 1.29 is 9.53 Å². The fraction of sp³-hybridized carbons (Fsp3) is 0.462. The van der Waals surface area contributed by atoms with Gasteiger partial charge in [-0.25, -0.2) is 0 Å². The topological polar surface area (TPSA) is 26.3 Å². The largest absolute Gasteiger partial charge is 0.475 e. The van der Waals surface area contributed by atoms with E-state index in [1.807, 2.05) is 18.2 Å². The Morgan fingerprint density at radius 3 is 2.81 bits per heavy atom. The van der Waals surface area contributed by atoms with E-state index in [4.69, 9.17) is 4.74 Å². The van der Waals surface area contributed by atoms with Crippen LogP contribution in [0, 0.1) is 0 Å². The SMILES string of the molecule is CC(=O)c1ccc2c(c1)SC1(CCCC1)O2. The van der Waals surface area contributed by atoms with Crippen LogP contribution < -0.4 is 4.74 Å². The van der Waals surface area contributed by atoms with E-state index in [9.17, 15) is 4.79 Å². The van der Waals surface area contributed by atoms with E-state index in [2.05, 4.69) is 0 Å². The monoisotopic (exact) mass is 234 g/mol. The summed E-state index contributed by atoms with van der Waals surface area (Å²) < 4.78 is 6.04. The van der Waals surface area contributed by atoms with Crippen molar-refractivity contribution in [3.8, 4) is 5.75 Å². The number of ether oxygens (including phenoxy) is 1. The molecule has 84 valence electrons. The average Bonchev–Trinajstić information content (AvgIpc) is 2.84. The summed E-state index contributed by atoms with van der Waals surface area (Å²) in [6.45, 7) is 1.60. The van der Waals surface area contributed by atoms with Crippen molar-refractivity contribution in [2.75, 3.05) is 0 Å². The molecular formula is C13H14O2S. The quantitative estimate of drug-likeness (QED) is 0.694. The van der Waals surface area contributed by atoms with Crippen LogP contribution in [0.3, 0.4) is 0 Å². The van der Waals surface area contributed by atoms with Crippen LogP contribution in [0.4, 0.5) is 0 Å². The first-order valence-corrected chi connectivity index (χ1v) is 6.53. The lowest BCUT2D eigenvalue weighted by Crippen LogP contribution is -2.23. The van der Waals surface area contributed by atoms with E-state index in [1.165, 1.54) is 12.8 Å². The summed E-state index contributed by atoms with van der Waals surface area (Å²) in [6.07, 6.45) is 4.75. The summed E-state index contributed by atoms with van der Waals surface area (Å²) in [4.78, 5) is 12.4. The van der Waals surface area contributed by atoms with Gasteiger partial charge in [0.1, 0.15) is 5.75 Å². The lowest BCUT2D eigenvalue weighted by atomic mass is 10.1. The Hall–Kier alpha value is -0.960. The Balaban J connectivity index is 1.94. The van der Waals surface area contributed by atoms with Gasteiger partial charge >= 0.3 is 0 Å². The number of ketones is 1. The predicted molar refractivity (Wildman–Crippen MR) is 64.1 cm³/mol.